The van der Waals surface area contributed by atoms with E-state index in [1.807, 2.05) is 30.3 Å². The van der Waals surface area contributed by atoms with Crippen LogP contribution in [0.4, 0.5) is 0 Å². The van der Waals surface area contributed by atoms with Crippen LogP contribution in [0, 0.1) is 11.8 Å². The number of hydrogen-bond acceptors (Lipinski definition) is 3. The average molecular weight is 447 g/mol. The summed E-state index contributed by atoms with van der Waals surface area (Å²) in [7, 11) is 0. The van der Waals surface area contributed by atoms with Gasteiger partial charge in [-0.15, -0.1) is 0 Å². The van der Waals surface area contributed by atoms with Gasteiger partial charge in [0.2, 0.25) is 0 Å². The number of aromatic nitrogens is 2. The molecule has 5 rings (SSSR count). The van der Waals surface area contributed by atoms with Crippen LogP contribution in [0.25, 0.3) is 10.9 Å². The summed E-state index contributed by atoms with van der Waals surface area (Å²) in [6.45, 7) is 0. The molecule has 2 saturated carbocycles. The first-order valence-corrected chi connectivity index (χ1v) is 10.0. The van der Waals surface area contributed by atoms with Crippen molar-refractivity contribution in [1.29, 1.82) is 0 Å². The zero-order valence-electron chi connectivity index (χ0n) is 14.2. The van der Waals surface area contributed by atoms with Crippen LogP contribution in [-0.2, 0) is 5.60 Å². The van der Waals surface area contributed by atoms with Crippen molar-refractivity contribution < 1.29 is 9.90 Å². The number of hydrogen-bond donors (Lipinski definition) is 3. The van der Waals surface area contributed by atoms with Crippen LogP contribution < -0.4 is 5.32 Å². The lowest BCUT2D eigenvalue weighted by atomic mass is 9.86. The summed E-state index contributed by atoms with van der Waals surface area (Å²) in [4.78, 5) is 12.5. The number of fused-ring (bicyclic) bond motifs is 2. The van der Waals surface area contributed by atoms with Gasteiger partial charge in [0.15, 0.2) is 0 Å². The van der Waals surface area contributed by atoms with E-state index in [0.29, 0.717) is 23.4 Å². The maximum absolute atomic E-state index is 12.5. The van der Waals surface area contributed by atoms with Crippen molar-refractivity contribution in [3.05, 3.63) is 63.2 Å². The molecule has 1 aromatic heterocycles. The number of carbonyl (C=O) groups is 1. The van der Waals surface area contributed by atoms with Crippen LogP contribution in [0.3, 0.4) is 0 Å². The van der Waals surface area contributed by atoms with E-state index in [1.165, 1.54) is 0 Å². The third-order valence-electron chi connectivity index (χ3n) is 5.89. The van der Waals surface area contributed by atoms with Gasteiger partial charge >= 0.3 is 0 Å². The fraction of sp³-hybridized carbons (Fsp3) is 0.300. The molecule has 2 fully saturated rings. The molecular weight excluding hydrogens is 430 g/mol. The van der Waals surface area contributed by atoms with E-state index in [0.717, 1.165) is 20.9 Å². The fourth-order valence-electron chi connectivity index (χ4n) is 4.56. The molecular formula is C20H17BrClN3O2. The molecule has 5 nitrogen and oxygen atoms in total. The van der Waals surface area contributed by atoms with Gasteiger partial charge in [-0.2, -0.15) is 5.10 Å². The predicted octanol–water partition coefficient (Wildman–Crippen LogP) is 4.00. The number of carbonyl (C=O) groups excluding carboxylic acids is 1. The molecule has 1 heterocycles. The summed E-state index contributed by atoms with van der Waals surface area (Å²) < 4.78 is 0.880. The average Bonchev–Trinajstić information content (AvgIpc) is 3.01. The Morgan fingerprint density at radius 2 is 2.07 bits per heavy atom. The highest BCUT2D eigenvalue weighted by Gasteiger charge is 2.62. The second-order valence-corrected chi connectivity index (χ2v) is 8.91. The van der Waals surface area contributed by atoms with Gasteiger partial charge in [0.25, 0.3) is 5.91 Å². The first-order valence-electron chi connectivity index (χ1n) is 8.86. The van der Waals surface area contributed by atoms with Crippen molar-refractivity contribution >= 4 is 44.3 Å². The lowest BCUT2D eigenvalue weighted by Gasteiger charge is -2.27. The molecule has 0 bridgehead atoms. The molecule has 138 valence electrons. The number of halogens is 2. The molecule has 1 amide bonds. The van der Waals surface area contributed by atoms with Gasteiger partial charge in [0, 0.05) is 26.5 Å². The van der Waals surface area contributed by atoms with E-state index >= 15 is 0 Å². The monoisotopic (exact) mass is 445 g/mol. The zero-order chi connectivity index (χ0) is 18.8. The van der Waals surface area contributed by atoms with Crippen molar-refractivity contribution in [3.63, 3.8) is 0 Å². The Morgan fingerprint density at radius 3 is 2.81 bits per heavy atom. The van der Waals surface area contributed by atoms with Crippen LogP contribution in [-0.4, -0.2) is 27.3 Å². The predicted molar refractivity (Wildman–Crippen MR) is 107 cm³/mol. The van der Waals surface area contributed by atoms with Crippen LogP contribution in [0.15, 0.2) is 47.1 Å². The highest BCUT2D eigenvalue weighted by molar-refractivity contribution is 9.10. The lowest BCUT2D eigenvalue weighted by molar-refractivity contribution is 0.0293. The Hall–Kier alpha value is -1.89. The number of aliphatic hydroxyl groups is 1. The smallest absolute Gasteiger partial charge is 0.251 e. The molecule has 0 aliphatic heterocycles. The standard InChI is InChI=1S/C20H17BrClN3O2/c21-11-3-1-2-10(4-11)19(26)24-18-13-7-20(27,8-14(13)18)16-5-12(22)6-17-15(16)9-23-25-17/h1-6,9,13-14,18,27H,7-8H2,(H,23,25)(H,24,26)/t13-,14+,18-,20+. The van der Waals surface area contributed by atoms with E-state index in [9.17, 15) is 9.90 Å². The number of aromatic amines is 1. The molecule has 0 unspecified atom stereocenters. The third-order valence-corrected chi connectivity index (χ3v) is 6.60. The van der Waals surface area contributed by atoms with Crippen LogP contribution >= 0.6 is 27.5 Å². The third kappa shape index (κ3) is 2.87. The molecule has 0 radical (unpaired) electrons. The Kier molecular flexibility index (Phi) is 3.86. The molecule has 27 heavy (non-hydrogen) atoms. The Balaban J connectivity index is 1.33. The molecule has 7 heteroatoms. The largest absolute Gasteiger partial charge is 0.385 e. The summed E-state index contributed by atoms with van der Waals surface area (Å²) in [5.41, 5.74) is 1.35. The minimum atomic E-state index is -0.931. The molecule has 0 saturated heterocycles. The zero-order valence-corrected chi connectivity index (χ0v) is 16.6. The second-order valence-electron chi connectivity index (χ2n) is 7.56. The van der Waals surface area contributed by atoms with Crippen molar-refractivity contribution in [3.8, 4) is 0 Å². The van der Waals surface area contributed by atoms with Crippen molar-refractivity contribution in [2.75, 3.05) is 0 Å². The molecule has 0 spiro atoms. The Labute approximate surface area is 169 Å². The lowest BCUT2D eigenvalue weighted by Crippen LogP contribution is -2.33. The van der Waals surface area contributed by atoms with E-state index in [2.05, 4.69) is 31.4 Å². The van der Waals surface area contributed by atoms with E-state index < -0.39 is 5.60 Å². The maximum Gasteiger partial charge on any atom is 0.251 e. The summed E-state index contributed by atoms with van der Waals surface area (Å²) in [6, 6.07) is 11.1. The van der Waals surface area contributed by atoms with Crippen LogP contribution in [0.5, 0.6) is 0 Å². The van der Waals surface area contributed by atoms with Gasteiger partial charge in [0.05, 0.1) is 17.3 Å². The SMILES string of the molecule is O=C(N[C@@H]1[C@@H]2C[C@@](O)(c3cc(Cl)cc4[nH]ncc34)C[C@@H]21)c1cccc(Br)c1. The van der Waals surface area contributed by atoms with Gasteiger partial charge in [-0.1, -0.05) is 33.6 Å². The Bertz CT molecular complexity index is 1050. The van der Waals surface area contributed by atoms with Gasteiger partial charge in [-0.05, 0) is 60.6 Å². The minimum absolute atomic E-state index is 0.0702. The van der Waals surface area contributed by atoms with Crippen LogP contribution in [0.2, 0.25) is 5.02 Å². The summed E-state index contributed by atoms with van der Waals surface area (Å²) in [5.74, 6) is 0.498. The first-order chi connectivity index (χ1) is 12.9. The number of nitrogens with one attached hydrogen (secondary N) is 2. The van der Waals surface area contributed by atoms with Gasteiger partial charge in [-0.3, -0.25) is 9.89 Å². The van der Waals surface area contributed by atoms with E-state index in [4.69, 9.17) is 11.6 Å². The van der Waals surface area contributed by atoms with Crippen molar-refractivity contribution in [1.82, 2.24) is 15.5 Å². The molecule has 4 atom stereocenters. The fourth-order valence-corrected chi connectivity index (χ4v) is 5.18. The number of H-pyrrole nitrogens is 1. The first kappa shape index (κ1) is 17.2. The van der Waals surface area contributed by atoms with Gasteiger partial charge in [-0.25, -0.2) is 0 Å². The number of benzene rings is 2. The minimum Gasteiger partial charge on any atom is -0.385 e. The van der Waals surface area contributed by atoms with Gasteiger partial charge < -0.3 is 10.4 Å². The Morgan fingerprint density at radius 1 is 1.30 bits per heavy atom. The number of nitrogens with zero attached hydrogens (tertiary/aromatic N) is 1. The second kappa shape index (κ2) is 6.06. The highest BCUT2D eigenvalue weighted by Crippen LogP contribution is 2.60. The summed E-state index contributed by atoms with van der Waals surface area (Å²) in [6.07, 6.45) is 2.96. The topological polar surface area (TPSA) is 78.0 Å². The van der Waals surface area contributed by atoms with Crippen molar-refractivity contribution in [2.24, 2.45) is 11.8 Å². The highest BCUT2D eigenvalue weighted by atomic mass is 79.9. The molecule has 3 aromatic rings. The molecule has 2 aliphatic rings. The van der Waals surface area contributed by atoms with E-state index in [1.54, 1.807) is 12.3 Å². The van der Waals surface area contributed by atoms with Crippen LogP contribution in [0.1, 0.15) is 28.8 Å². The quantitative estimate of drug-likeness (QED) is 0.569. The van der Waals surface area contributed by atoms with E-state index in [-0.39, 0.29) is 23.8 Å². The molecule has 2 aromatic carbocycles. The molecule has 3 N–H and O–H groups in total. The molecule has 2 aliphatic carbocycles. The van der Waals surface area contributed by atoms with Crippen molar-refractivity contribution in [2.45, 2.75) is 24.5 Å². The normalized spacial score (nSPS) is 28.9. The summed E-state index contributed by atoms with van der Waals surface area (Å²) in [5, 5.41) is 22.9. The maximum atomic E-state index is 12.5. The number of rotatable bonds is 3. The number of amides is 1. The summed E-state index contributed by atoms with van der Waals surface area (Å²) >= 11 is 9.62. The van der Waals surface area contributed by atoms with Gasteiger partial charge in [0.1, 0.15) is 0 Å².